The number of carbonyl (C=O) groups is 2. The lowest BCUT2D eigenvalue weighted by Gasteiger charge is -2.31. The Morgan fingerprint density at radius 3 is 2.57 bits per heavy atom. The van der Waals surface area contributed by atoms with Crippen molar-refractivity contribution in [2.24, 2.45) is 16.9 Å². The Morgan fingerprint density at radius 1 is 1.30 bits per heavy atom. The van der Waals surface area contributed by atoms with Crippen LogP contribution in [0.15, 0.2) is 23.3 Å². The van der Waals surface area contributed by atoms with Gasteiger partial charge in [0.05, 0.1) is 11.8 Å². The zero-order valence-electron chi connectivity index (χ0n) is 13.8. The molecule has 120 valence electrons. The van der Waals surface area contributed by atoms with Crippen molar-refractivity contribution >= 4 is 23.2 Å². The van der Waals surface area contributed by atoms with Crippen molar-refractivity contribution in [3.63, 3.8) is 0 Å². The molecule has 0 spiro atoms. The van der Waals surface area contributed by atoms with Gasteiger partial charge in [-0.25, -0.2) is 0 Å². The summed E-state index contributed by atoms with van der Waals surface area (Å²) >= 11 is 0. The third-order valence-corrected chi connectivity index (χ3v) is 4.20. The number of piperidine rings is 1. The summed E-state index contributed by atoms with van der Waals surface area (Å²) in [7, 11) is 0. The van der Waals surface area contributed by atoms with E-state index in [-0.39, 0.29) is 12.3 Å². The van der Waals surface area contributed by atoms with E-state index in [1.165, 1.54) is 0 Å². The number of nitrogens with zero attached hydrogens (tertiary/aromatic N) is 3. The number of hydrazone groups is 1. The molecule has 1 saturated heterocycles. The number of carbonyl (C=O) groups excluding carboxylic acids is 2. The molecule has 0 saturated carbocycles. The monoisotopic (exact) mass is 312 g/mol. The number of nitrogens with one attached hydrogen (secondary N) is 1. The molecule has 1 fully saturated rings. The zero-order chi connectivity index (χ0) is 17.1. The van der Waals surface area contributed by atoms with Gasteiger partial charge in [0, 0.05) is 12.5 Å². The number of likely N-dealkylation sites (tertiary alicyclic amines) is 1. The van der Waals surface area contributed by atoms with E-state index in [1.807, 2.05) is 38.1 Å². The fourth-order valence-corrected chi connectivity index (χ4v) is 2.52. The smallest absolute Gasteiger partial charge is 0.277 e. The topological polar surface area (TPSA) is 85.6 Å². The minimum Gasteiger partial charge on any atom is -0.278 e. The number of nitriles is 1. The van der Waals surface area contributed by atoms with Crippen molar-refractivity contribution in [1.29, 1.82) is 5.26 Å². The Bertz CT molecular complexity index is 718. The molecule has 2 rings (SSSR count). The number of anilines is 1. The summed E-state index contributed by atoms with van der Waals surface area (Å²) in [6.07, 6.45) is 0. The average Bonchev–Trinajstić information content (AvgIpc) is 2.51. The molecule has 1 aliphatic rings. The maximum Gasteiger partial charge on any atom is 0.277 e. The molecule has 0 aromatic heterocycles. The Morgan fingerprint density at radius 2 is 2.00 bits per heavy atom. The Balaban J connectivity index is 2.31. The van der Waals surface area contributed by atoms with E-state index < -0.39 is 23.7 Å². The number of imide groups is 1. The second-order valence-corrected chi connectivity index (χ2v) is 5.69. The minimum atomic E-state index is -0.882. The summed E-state index contributed by atoms with van der Waals surface area (Å²) in [6, 6.07) is 7.75. The van der Waals surface area contributed by atoms with Crippen molar-refractivity contribution in [3.8, 4) is 6.07 Å². The molecule has 0 aliphatic carbocycles. The average molecular weight is 312 g/mol. The highest BCUT2D eigenvalue weighted by Crippen LogP contribution is 2.24. The van der Waals surface area contributed by atoms with Crippen molar-refractivity contribution in [2.75, 3.05) is 12.0 Å². The van der Waals surface area contributed by atoms with E-state index in [2.05, 4.69) is 10.5 Å². The van der Waals surface area contributed by atoms with E-state index in [4.69, 9.17) is 0 Å². The molecule has 2 atom stereocenters. The fraction of sp³-hybridized carbons (Fsp3) is 0.412. The molecule has 1 heterocycles. The van der Waals surface area contributed by atoms with Gasteiger partial charge in [0.1, 0.15) is 11.6 Å². The van der Waals surface area contributed by atoms with Gasteiger partial charge in [0.15, 0.2) is 0 Å². The summed E-state index contributed by atoms with van der Waals surface area (Å²) in [5.74, 6) is -2.31. The highest BCUT2D eigenvalue weighted by molar-refractivity contribution is 6.44. The molecule has 0 bridgehead atoms. The van der Waals surface area contributed by atoms with Gasteiger partial charge in [0.2, 0.25) is 5.91 Å². The van der Waals surface area contributed by atoms with Gasteiger partial charge in [-0.3, -0.25) is 19.9 Å². The van der Waals surface area contributed by atoms with Gasteiger partial charge in [-0.05, 0) is 44.0 Å². The third-order valence-electron chi connectivity index (χ3n) is 4.20. The van der Waals surface area contributed by atoms with Crippen molar-refractivity contribution < 1.29 is 9.59 Å². The fourth-order valence-electron chi connectivity index (χ4n) is 2.52. The first kappa shape index (κ1) is 16.7. The van der Waals surface area contributed by atoms with E-state index in [0.29, 0.717) is 0 Å². The lowest BCUT2D eigenvalue weighted by molar-refractivity contribution is -0.145. The van der Waals surface area contributed by atoms with E-state index in [0.717, 1.165) is 21.7 Å². The quantitative estimate of drug-likeness (QED) is 0.685. The molecule has 2 unspecified atom stereocenters. The van der Waals surface area contributed by atoms with Crippen LogP contribution in [-0.2, 0) is 9.59 Å². The number of aryl methyl sites for hydroxylation is 2. The third kappa shape index (κ3) is 3.09. The molecule has 6 heteroatoms. The molecule has 1 aliphatic heterocycles. The Kier molecular flexibility index (Phi) is 4.80. The summed E-state index contributed by atoms with van der Waals surface area (Å²) in [5, 5.41) is 13.4. The van der Waals surface area contributed by atoms with E-state index in [1.54, 1.807) is 13.8 Å². The van der Waals surface area contributed by atoms with Crippen LogP contribution in [0.2, 0.25) is 0 Å². The van der Waals surface area contributed by atoms with E-state index in [9.17, 15) is 14.9 Å². The van der Waals surface area contributed by atoms with Gasteiger partial charge in [-0.1, -0.05) is 13.0 Å². The Labute approximate surface area is 135 Å². The van der Waals surface area contributed by atoms with Crippen LogP contribution in [0.25, 0.3) is 0 Å². The molecular formula is C17H20N4O2. The first-order valence-corrected chi connectivity index (χ1v) is 7.56. The van der Waals surface area contributed by atoms with Crippen LogP contribution in [0, 0.1) is 37.0 Å². The van der Waals surface area contributed by atoms with E-state index >= 15 is 0 Å². The summed E-state index contributed by atoms with van der Waals surface area (Å²) in [4.78, 5) is 25.6. The van der Waals surface area contributed by atoms with Crippen LogP contribution in [-0.4, -0.2) is 29.0 Å². The standard InChI is InChI=1S/C17H20N4O2/c1-5-21-16(22)14(9-18)12(4)15(17(21)23)20-19-13-7-6-10(2)11(3)8-13/h6-8,12,14,19H,5H2,1-4H3. The molecule has 1 aromatic carbocycles. The number of benzene rings is 1. The van der Waals surface area contributed by atoms with Crippen molar-refractivity contribution in [3.05, 3.63) is 29.3 Å². The molecule has 6 nitrogen and oxygen atoms in total. The van der Waals surface area contributed by atoms with Crippen LogP contribution in [0.1, 0.15) is 25.0 Å². The van der Waals surface area contributed by atoms with Gasteiger partial charge >= 0.3 is 0 Å². The van der Waals surface area contributed by atoms with Crippen LogP contribution >= 0.6 is 0 Å². The number of hydrogen-bond donors (Lipinski definition) is 1. The SMILES string of the molecule is CCN1C(=O)C(=NNc2ccc(C)c(C)c2)C(C)C(C#N)C1=O. The summed E-state index contributed by atoms with van der Waals surface area (Å²) in [5.41, 5.74) is 6.10. The van der Waals surface area contributed by atoms with Gasteiger partial charge in [-0.15, -0.1) is 0 Å². The van der Waals surface area contributed by atoms with Crippen molar-refractivity contribution in [2.45, 2.75) is 27.7 Å². The number of amides is 2. The second kappa shape index (κ2) is 6.61. The predicted octanol–water partition coefficient (Wildman–Crippen LogP) is 2.24. The first-order chi connectivity index (χ1) is 10.9. The Hall–Kier alpha value is -2.68. The van der Waals surface area contributed by atoms with Crippen LogP contribution in [0.3, 0.4) is 0 Å². The largest absolute Gasteiger partial charge is 0.278 e. The highest BCUT2D eigenvalue weighted by Gasteiger charge is 2.43. The maximum atomic E-state index is 12.4. The second-order valence-electron chi connectivity index (χ2n) is 5.69. The molecule has 0 radical (unpaired) electrons. The van der Waals surface area contributed by atoms with Crippen LogP contribution in [0.5, 0.6) is 0 Å². The predicted molar refractivity (Wildman–Crippen MR) is 87.6 cm³/mol. The van der Waals surface area contributed by atoms with Crippen molar-refractivity contribution in [1.82, 2.24) is 4.90 Å². The lowest BCUT2D eigenvalue weighted by Crippen LogP contribution is -2.53. The molecular weight excluding hydrogens is 292 g/mol. The summed E-state index contributed by atoms with van der Waals surface area (Å²) < 4.78 is 0. The van der Waals surface area contributed by atoms with Gasteiger partial charge in [0.25, 0.3) is 5.91 Å². The summed E-state index contributed by atoms with van der Waals surface area (Å²) in [6.45, 7) is 7.61. The molecule has 23 heavy (non-hydrogen) atoms. The zero-order valence-corrected chi connectivity index (χ0v) is 13.8. The minimum absolute atomic E-state index is 0.205. The number of rotatable bonds is 3. The first-order valence-electron chi connectivity index (χ1n) is 7.56. The van der Waals surface area contributed by atoms with Gasteiger partial charge < -0.3 is 0 Å². The molecule has 1 N–H and O–H groups in total. The van der Waals surface area contributed by atoms with Crippen LogP contribution < -0.4 is 5.43 Å². The van der Waals surface area contributed by atoms with Gasteiger partial charge in [-0.2, -0.15) is 10.4 Å². The van der Waals surface area contributed by atoms with Crippen LogP contribution in [0.4, 0.5) is 5.69 Å². The highest BCUT2D eigenvalue weighted by atomic mass is 16.2. The molecule has 1 aromatic rings. The lowest BCUT2D eigenvalue weighted by atomic mass is 9.85. The maximum absolute atomic E-state index is 12.4. The molecule has 2 amide bonds. The number of hydrogen-bond acceptors (Lipinski definition) is 5. The normalized spacial score (nSPS) is 23.1.